The molecule has 3 aromatic carbocycles. The van der Waals surface area contributed by atoms with Crippen molar-refractivity contribution in [3.63, 3.8) is 0 Å². The summed E-state index contributed by atoms with van der Waals surface area (Å²) in [6.07, 6.45) is -11.2. The number of rotatable bonds is 4. The minimum atomic E-state index is -5.62. The molecule has 3 aromatic rings. The molecule has 0 unspecified atom stereocenters. The average Bonchev–Trinajstić information content (AvgIpc) is 2.76. The predicted octanol–water partition coefficient (Wildman–Crippen LogP) is 7.31. The Hall–Kier alpha value is -3.98. The molecule has 0 aliphatic heterocycles. The molecule has 4 N–H and O–H groups in total. The molecule has 0 amide bonds. The van der Waals surface area contributed by atoms with Crippen LogP contribution in [0.5, 0.6) is 23.0 Å². The summed E-state index contributed by atoms with van der Waals surface area (Å²) in [4.78, 5) is 0. The summed E-state index contributed by atoms with van der Waals surface area (Å²) in [7, 11) is 0. The molecular formula is C20H8F12N2O2. The lowest BCUT2D eigenvalue weighted by molar-refractivity contribution is -0.144. The van der Waals surface area contributed by atoms with E-state index in [1.807, 2.05) is 0 Å². The van der Waals surface area contributed by atoms with Crippen LogP contribution < -0.4 is 20.9 Å². The maximum atomic E-state index is 14.0. The monoisotopic (exact) mass is 536 g/mol. The number of hydrogen-bond donors (Lipinski definition) is 2. The fourth-order valence-corrected chi connectivity index (χ4v) is 2.76. The Labute approximate surface area is 191 Å². The molecule has 0 aromatic heterocycles. The van der Waals surface area contributed by atoms with E-state index in [0.717, 1.165) is 0 Å². The molecule has 0 aliphatic rings. The van der Waals surface area contributed by atoms with E-state index in [2.05, 4.69) is 9.47 Å². The predicted molar refractivity (Wildman–Crippen MR) is 98.1 cm³/mol. The van der Waals surface area contributed by atoms with Crippen molar-refractivity contribution in [1.82, 2.24) is 0 Å². The summed E-state index contributed by atoms with van der Waals surface area (Å²) in [5.74, 6) is -19.1. The summed E-state index contributed by atoms with van der Waals surface area (Å²) in [5.41, 5.74) is 3.42. The van der Waals surface area contributed by atoms with Crippen LogP contribution in [0.1, 0.15) is 11.1 Å². The van der Waals surface area contributed by atoms with Crippen LogP contribution >= 0.6 is 0 Å². The van der Waals surface area contributed by atoms with Crippen molar-refractivity contribution in [3.8, 4) is 23.0 Å². The van der Waals surface area contributed by atoms with Crippen molar-refractivity contribution in [3.05, 3.63) is 70.3 Å². The van der Waals surface area contributed by atoms with Gasteiger partial charge in [-0.2, -0.15) is 35.1 Å². The maximum absolute atomic E-state index is 14.0. The Morgan fingerprint density at radius 2 is 0.778 bits per heavy atom. The zero-order chi connectivity index (χ0) is 27.3. The van der Waals surface area contributed by atoms with Gasteiger partial charge in [0.15, 0.2) is 34.8 Å². The molecule has 0 saturated heterocycles. The van der Waals surface area contributed by atoms with Gasteiger partial charge in [0.1, 0.15) is 11.5 Å². The molecule has 194 valence electrons. The third-order valence-electron chi connectivity index (χ3n) is 4.42. The van der Waals surface area contributed by atoms with Crippen molar-refractivity contribution < 1.29 is 62.2 Å². The van der Waals surface area contributed by atoms with E-state index in [4.69, 9.17) is 11.5 Å². The van der Waals surface area contributed by atoms with Gasteiger partial charge in [-0.25, -0.2) is 17.6 Å². The third-order valence-corrected chi connectivity index (χ3v) is 4.42. The number of anilines is 2. The molecule has 0 atom stereocenters. The van der Waals surface area contributed by atoms with Gasteiger partial charge in [-0.15, -0.1) is 0 Å². The zero-order valence-electron chi connectivity index (χ0n) is 16.8. The fraction of sp³-hybridized carbons (Fsp3) is 0.100. The van der Waals surface area contributed by atoms with Crippen LogP contribution in [0.15, 0.2) is 24.3 Å². The number of benzene rings is 3. The maximum Gasteiger partial charge on any atom is 0.420 e. The zero-order valence-corrected chi connectivity index (χ0v) is 16.8. The SMILES string of the molecule is Nc1cc(Oc2cc(Oc3cc(N)c(F)c(F)c3F)c(C(F)(F)F)cc2C(F)(F)F)c(F)c(F)c1F. The van der Waals surface area contributed by atoms with Crippen molar-refractivity contribution in [2.75, 3.05) is 11.5 Å². The number of nitrogen functional groups attached to an aromatic ring is 2. The van der Waals surface area contributed by atoms with Crippen molar-refractivity contribution in [2.45, 2.75) is 12.4 Å². The van der Waals surface area contributed by atoms with Gasteiger partial charge in [0.2, 0.25) is 11.6 Å². The van der Waals surface area contributed by atoms with Gasteiger partial charge < -0.3 is 20.9 Å². The van der Waals surface area contributed by atoms with Crippen molar-refractivity contribution >= 4 is 11.4 Å². The lowest BCUT2D eigenvalue weighted by atomic mass is 10.1. The number of halogens is 12. The molecule has 0 saturated carbocycles. The molecular weight excluding hydrogens is 528 g/mol. The van der Waals surface area contributed by atoms with E-state index in [1.165, 1.54) is 0 Å². The second kappa shape index (κ2) is 8.91. The highest BCUT2D eigenvalue weighted by molar-refractivity contribution is 5.55. The normalized spacial score (nSPS) is 12.1. The number of alkyl halides is 6. The molecule has 36 heavy (non-hydrogen) atoms. The van der Waals surface area contributed by atoms with Gasteiger partial charge in [-0.1, -0.05) is 0 Å². The Morgan fingerprint density at radius 1 is 0.444 bits per heavy atom. The highest BCUT2D eigenvalue weighted by Gasteiger charge is 2.42. The summed E-state index contributed by atoms with van der Waals surface area (Å²) in [6, 6.07) is -0.365. The largest absolute Gasteiger partial charge is 0.453 e. The van der Waals surface area contributed by atoms with Crippen LogP contribution in [-0.4, -0.2) is 0 Å². The fourth-order valence-electron chi connectivity index (χ4n) is 2.76. The summed E-state index contributed by atoms with van der Waals surface area (Å²) in [5, 5.41) is 0. The van der Waals surface area contributed by atoms with E-state index < -0.39 is 98.8 Å². The second-order valence-electron chi connectivity index (χ2n) is 6.86. The van der Waals surface area contributed by atoms with Crippen LogP contribution in [0, 0.1) is 34.9 Å². The molecule has 0 bridgehead atoms. The Balaban J connectivity index is 2.27. The summed E-state index contributed by atoms with van der Waals surface area (Å²) >= 11 is 0. The van der Waals surface area contributed by atoms with Gasteiger partial charge >= 0.3 is 12.4 Å². The molecule has 0 radical (unpaired) electrons. The van der Waals surface area contributed by atoms with Gasteiger partial charge in [0.25, 0.3) is 0 Å². The highest BCUT2D eigenvalue weighted by atomic mass is 19.4. The van der Waals surface area contributed by atoms with E-state index in [-0.39, 0.29) is 18.2 Å². The molecule has 16 heteroatoms. The standard InChI is InChI=1S/C20H8F12N2O2/c21-13-7(33)2-11(15(23)17(13)25)35-9-4-10(6(20(30,31)32)1-5(9)19(27,28)29)36-12-3-8(34)14(22)18(26)16(12)24/h1-4H,33-34H2. The van der Waals surface area contributed by atoms with Crippen LogP contribution in [-0.2, 0) is 12.4 Å². The Bertz CT molecular complexity index is 1250. The Kier molecular flexibility index (Phi) is 6.59. The molecule has 3 rings (SSSR count). The lowest BCUT2D eigenvalue weighted by Crippen LogP contribution is -2.14. The van der Waals surface area contributed by atoms with Crippen LogP contribution in [0.4, 0.5) is 64.1 Å². The van der Waals surface area contributed by atoms with E-state index >= 15 is 0 Å². The van der Waals surface area contributed by atoms with Gasteiger partial charge in [0.05, 0.1) is 22.5 Å². The average molecular weight is 536 g/mol. The van der Waals surface area contributed by atoms with Gasteiger partial charge in [0, 0.05) is 18.2 Å². The highest BCUT2D eigenvalue weighted by Crippen LogP contribution is 2.48. The molecule has 4 nitrogen and oxygen atoms in total. The third kappa shape index (κ3) is 4.87. The number of ether oxygens (including phenoxy) is 2. The van der Waals surface area contributed by atoms with Gasteiger partial charge in [-0.05, 0) is 6.07 Å². The first-order valence-corrected chi connectivity index (χ1v) is 8.97. The van der Waals surface area contributed by atoms with E-state index in [0.29, 0.717) is 0 Å². The van der Waals surface area contributed by atoms with E-state index in [9.17, 15) is 52.7 Å². The van der Waals surface area contributed by atoms with Crippen molar-refractivity contribution in [1.29, 1.82) is 0 Å². The van der Waals surface area contributed by atoms with Crippen LogP contribution in [0.2, 0.25) is 0 Å². The smallest absolute Gasteiger partial charge is 0.420 e. The topological polar surface area (TPSA) is 70.5 Å². The van der Waals surface area contributed by atoms with Crippen molar-refractivity contribution in [2.24, 2.45) is 0 Å². The molecule has 0 fully saturated rings. The second-order valence-corrected chi connectivity index (χ2v) is 6.86. The summed E-state index contributed by atoms with van der Waals surface area (Å²) in [6.45, 7) is 0. The van der Waals surface area contributed by atoms with Crippen LogP contribution in [0.25, 0.3) is 0 Å². The number of hydrogen-bond acceptors (Lipinski definition) is 4. The molecule has 0 aliphatic carbocycles. The minimum absolute atomic E-state index is 0.167. The van der Waals surface area contributed by atoms with Gasteiger partial charge in [-0.3, -0.25) is 0 Å². The van der Waals surface area contributed by atoms with Crippen LogP contribution in [0.3, 0.4) is 0 Å². The minimum Gasteiger partial charge on any atom is -0.453 e. The summed E-state index contributed by atoms with van der Waals surface area (Å²) < 4.78 is 172. The number of nitrogens with two attached hydrogens (primary N) is 2. The molecule has 0 heterocycles. The Morgan fingerprint density at radius 3 is 1.08 bits per heavy atom. The first kappa shape index (κ1) is 26.6. The molecule has 0 spiro atoms. The van der Waals surface area contributed by atoms with E-state index in [1.54, 1.807) is 0 Å². The first-order valence-electron chi connectivity index (χ1n) is 8.97. The first-order chi connectivity index (χ1) is 16.4. The lowest BCUT2D eigenvalue weighted by Gasteiger charge is -2.20. The quantitative estimate of drug-likeness (QED) is 0.209.